The Morgan fingerprint density at radius 1 is 0.980 bits per heavy atom. The molecule has 4 aliphatic carbocycles. The summed E-state index contributed by atoms with van der Waals surface area (Å²) < 4.78 is 12.4. The van der Waals surface area contributed by atoms with E-state index < -0.39 is 0 Å². The average Bonchev–Trinajstić information content (AvgIpc) is 3.04. The van der Waals surface area contributed by atoms with Crippen LogP contribution in [0.2, 0.25) is 0 Å². The molecule has 3 saturated carbocycles. The van der Waals surface area contributed by atoms with Gasteiger partial charge in [-0.05, 0) is 150 Å². The second-order valence-corrected chi connectivity index (χ2v) is 17.4. The van der Waals surface area contributed by atoms with Crippen molar-refractivity contribution in [2.45, 2.75) is 128 Å². The SMILES string of the molecule is C=N[C@]1(C)CCC2(C)CCC3(C)C4=CC(Sc5ccc(NC(C)=O)cc5)c5c(cc(OC(C)=O)c(O/C(C)=C\C)c5C)C4(C)CCC3C2C1. The van der Waals surface area contributed by atoms with Gasteiger partial charge >= 0.3 is 5.97 Å². The lowest BCUT2D eigenvalue weighted by atomic mass is 9.40. The molecule has 0 aliphatic heterocycles. The standard InChI is InChI=1S/C42H54N2O4S/c1-11-25(2)47-38-26(3)37-32(22-34(38)48-28(5)46)41(8)17-16-31-33-24-40(7,43-10)20-18-39(33,6)19-21-42(31,9)36(41)23-35(37)49-30-14-12-29(13-15-30)44-27(4)45/h11-15,22-23,31,33,35H,10,16-21,24H2,1-9H3,(H,44,45)/b25-11-/t31?,33?,35?,39?,40-,41?,42?/m1/s1. The van der Waals surface area contributed by atoms with Crippen LogP contribution in [0.1, 0.15) is 122 Å². The van der Waals surface area contributed by atoms with Crippen LogP contribution >= 0.6 is 11.8 Å². The molecule has 3 fully saturated rings. The van der Waals surface area contributed by atoms with E-state index in [9.17, 15) is 9.59 Å². The predicted octanol–water partition coefficient (Wildman–Crippen LogP) is 10.7. The zero-order valence-corrected chi connectivity index (χ0v) is 31.7. The first kappa shape index (κ1) is 35.5. The van der Waals surface area contributed by atoms with Crippen molar-refractivity contribution in [3.8, 4) is 11.5 Å². The average molecular weight is 683 g/mol. The van der Waals surface area contributed by atoms with Crippen molar-refractivity contribution in [1.82, 2.24) is 0 Å². The molecule has 4 aliphatic rings. The van der Waals surface area contributed by atoms with Gasteiger partial charge in [-0.15, -0.1) is 11.8 Å². The highest BCUT2D eigenvalue weighted by Gasteiger charge is 2.61. The predicted molar refractivity (Wildman–Crippen MR) is 201 cm³/mol. The summed E-state index contributed by atoms with van der Waals surface area (Å²) in [6.45, 7) is 22.9. The number of hydrogen-bond donors (Lipinski definition) is 1. The van der Waals surface area contributed by atoms with Crippen molar-refractivity contribution < 1.29 is 19.1 Å². The highest BCUT2D eigenvalue weighted by molar-refractivity contribution is 7.99. The maximum atomic E-state index is 12.5. The molecule has 0 radical (unpaired) electrons. The monoisotopic (exact) mass is 682 g/mol. The minimum atomic E-state index is -0.359. The molecule has 0 aromatic heterocycles. The third-order valence-corrected chi connectivity index (χ3v) is 14.1. The summed E-state index contributed by atoms with van der Waals surface area (Å²) >= 11 is 1.83. The van der Waals surface area contributed by atoms with Crippen LogP contribution in [0.5, 0.6) is 11.5 Å². The number of thioether (sulfide) groups is 1. The summed E-state index contributed by atoms with van der Waals surface area (Å²) in [4.78, 5) is 30.0. The molecule has 0 bridgehead atoms. The molecule has 49 heavy (non-hydrogen) atoms. The summed E-state index contributed by atoms with van der Waals surface area (Å²) in [5.41, 5.74) is 5.87. The number of benzene rings is 2. The topological polar surface area (TPSA) is 77.0 Å². The number of esters is 1. The third-order valence-electron chi connectivity index (χ3n) is 12.9. The van der Waals surface area contributed by atoms with Crippen molar-refractivity contribution in [2.24, 2.45) is 27.7 Å². The first-order valence-corrected chi connectivity index (χ1v) is 18.9. The minimum Gasteiger partial charge on any atom is -0.458 e. The van der Waals surface area contributed by atoms with E-state index in [4.69, 9.17) is 14.5 Å². The Balaban J connectivity index is 1.52. The van der Waals surface area contributed by atoms with Crippen LogP contribution in [0.15, 0.2) is 63.7 Å². The molecule has 0 heterocycles. The molecule has 0 spiro atoms. The summed E-state index contributed by atoms with van der Waals surface area (Å²) in [6, 6.07) is 10.2. The lowest BCUT2D eigenvalue weighted by Gasteiger charge is -2.65. The molecule has 0 saturated heterocycles. The van der Waals surface area contributed by atoms with Gasteiger partial charge < -0.3 is 14.8 Å². The van der Waals surface area contributed by atoms with E-state index in [1.807, 2.05) is 43.8 Å². The number of fused-ring (bicyclic) bond motifs is 7. The van der Waals surface area contributed by atoms with Gasteiger partial charge in [0.15, 0.2) is 11.5 Å². The quantitative estimate of drug-likeness (QED) is 0.103. The van der Waals surface area contributed by atoms with E-state index in [0.29, 0.717) is 28.7 Å². The Morgan fingerprint density at radius 3 is 2.31 bits per heavy atom. The number of ether oxygens (including phenoxy) is 2. The second kappa shape index (κ2) is 12.8. The first-order valence-electron chi connectivity index (χ1n) is 18.0. The van der Waals surface area contributed by atoms with Crippen LogP contribution in [-0.2, 0) is 15.0 Å². The molecular weight excluding hydrogens is 629 g/mol. The van der Waals surface area contributed by atoms with Gasteiger partial charge in [0.2, 0.25) is 5.91 Å². The summed E-state index contributed by atoms with van der Waals surface area (Å²) in [7, 11) is 0. The first-order chi connectivity index (χ1) is 23.1. The van der Waals surface area contributed by atoms with Crippen LogP contribution in [0.3, 0.4) is 0 Å². The molecule has 6 nitrogen and oxygen atoms in total. The molecule has 1 amide bonds. The Morgan fingerprint density at radius 2 is 1.67 bits per heavy atom. The van der Waals surface area contributed by atoms with Crippen LogP contribution in [0.4, 0.5) is 5.69 Å². The highest BCUT2D eigenvalue weighted by atomic mass is 32.2. The van der Waals surface area contributed by atoms with Gasteiger partial charge in [0.25, 0.3) is 0 Å². The Bertz CT molecular complexity index is 1750. The molecule has 7 heteroatoms. The van der Waals surface area contributed by atoms with Gasteiger partial charge in [-0.2, -0.15) is 0 Å². The number of allylic oxidation sites excluding steroid dienone is 3. The molecule has 2 aromatic carbocycles. The van der Waals surface area contributed by atoms with E-state index in [1.54, 1.807) is 0 Å². The Hall–Kier alpha value is -3.32. The number of carbonyl (C=O) groups is 2. The van der Waals surface area contributed by atoms with Gasteiger partial charge in [0.05, 0.1) is 16.5 Å². The van der Waals surface area contributed by atoms with Crippen LogP contribution in [0, 0.1) is 29.6 Å². The van der Waals surface area contributed by atoms with Gasteiger partial charge in [0, 0.05) is 35.4 Å². The van der Waals surface area contributed by atoms with E-state index in [-0.39, 0.29) is 33.5 Å². The molecule has 6 rings (SSSR count). The molecule has 6 unspecified atom stereocenters. The molecular formula is C42H54N2O4S. The number of nitrogens with one attached hydrogen (secondary N) is 1. The smallest absolute Gasteiger partial charge is 0.308 e. The maximum absolute atomic E-state index is 12.5. The minimum absolute atomic E-state index is 0.0136. The normalized spacial score (nSPS) is 33.5. The molecule has 7 atom stereocenters. The van der Waals surface area contributed by atoms with E-state index in [0.717, 1.165) is 47.6 Å². The lowest BCUT2D eigenvalue weighted by Crippen LogP contribution is -2.57. The van der Waals surface area contributed by atoms with E-state index in [1.165, 1.54) is 49.8 Å². The van der Waals surface area contributed by atoms with Gasteiger partial charge in [-0.1, -0.05) is 32.4 Å². The van der Waals surface area contributed by atoms with Crippen molar-refractivity contribution in [2.75, 3.05) is 5.32 Å². The number of hydrogen-bond acceptors (Lipinski definition) is 6. The zero-order chi connectivity index (χ0) is 35.5. The van der Waals surface area contributed by atoms with Gasteiger partial charge in [-0.25, -0.2) is 0 Å². The van der Waals surface area contributed by atoms with Gasteiger partial charge in [0.1, 0.15) is 0 Å². The molecule has 1 N–H and O–H groups in total. The zero-order valence-electron chi connectivity index (χ0n) is 30.9. The number of nitrogens with zero attached hydrogens (tertiary/aromatic N) is 1. The van der Waals surface area contributed by atoms with Crippen molar-refractivity contribution in [3.05, 3.63) is 70.5 Å². The lowest BCUT2D eigenvalue weighted by molar-refractivity contribution is -0.132. The fraction of sp³-hybridized carbons (Fsp3) is 0.548. The van der Waals surface area contributed by atoms with Crippen LogP contribution in [0.25, 0.3) is 0 Å². The number of anilines is 1. The summed E-state index contributed by atoms with van der Waals surface area (Å²) in [5, 5.41) is 2.91. The fourth-order valence-electron chi connectivity index (χ4n) is 10.0. The maximum Gasteiger partial charge on any atom is 0.308 e. The summed E-state index contributed by atoms with van der Waals surface area (Å²) in [6.07, 6.45) is 12.5. The Kier molecular flexibility index (Phi) is 9.26. The van der Waals surface area contributed by atoms with Crippen LogP contribution < -0.4 is 14.8 Å². The van der Waals surface area contributed by atoms with Crippen molar-refractivity contribution in [1.29, 1.82) is 0 Å². The number of amides is 1. The van der Waals surface area contributed by atoms with Crippen molar-refractivity contribution in [3.63, 3.8) is 0 Å². The van der Waals surface area contributed by atoms with E-state index >= 15 is 0 Å². The highest BCUT2D eigenvalue weighted by Crippen LogP contribution is 2.70. The molecule has 2 aromatic rings. The fourth-order valence-corrected chi connectivity index (χ4v) is 11.2. The van der Waals surface area contributed by atoms with Crippen LogP contribution in [-0.4, -0.2) is 24.1 Å². The van der Waals surface area contributed by atoms with Gasteiger partial charge in [-0.3, -0.25) is 14.6 Å². The number of aliphatic imine (C=N–C) groups is 1. The number of carbonyl (C=O) groups excluding carboxylic acids is 2. The van der Waals surface area contributed by atoms with Crippen molar-refractivity contribution >= 4 is 36.0 Å². The third kappa shape index (κ3) is 6.19. The van der Waals surface area contributed by atoms with E-state index in [2.05, 4.69) is 70.9 Å². The second-order valence-electron chi connectivity index (χ2n) is 16.2. The Labute approximate surface area is 297 Å². The largest absolute Gasteiger partial charge is 0.458 e. The summed E-state index contributed by atoms with van der Waals surface area (Å²) in [5.74, 6) is 2.54. The number of rotatable bonds is 7. The molecule has 262 valence electrons.